The van der Waals surface area contributed by atoms with Crippen LogP contribution >= 0.6 is 0 Å². The van der Waals surface area contributed by atoms with Crippen LogP contribution in [0.3, 0.4) is 0 Å². The maximum Gasteiger partial charge on any atom is 0.469 e. The van der Waals surface area contributed by atoms with Crippen molar-refractivity contribution in [1.82, 2.24) is 5.32 Å². The lowest BCUT2D eigenvalue weighted by Gasteiger charge is -2.27. The first-order valence-corrected chi connectivity index (χ1v) is 9.91. The maximum absolute atomic E-state index is 13.9. The zero-order valence-corrected chi connectivity index (χ0v) is 19.8. The van der Waals surface area contributed by atoms with Gasteiger partial charge < -0.3 is 0 Å². The minimum absolute atomic E-state index is 1.10. The molecule has 0 amide bonds. The molecule has 0 radical (unpaired) electrons. The van der Waals surface area contributed by atoms with E-state index >= 15 is 0 Å². The SMILES string of the molecule is FC(F)(F)C(F)(F)NC(F)(F)C(F)(F)F.Fc1c(F)c(F)c(-c2c(C(F)(F)F)c(F)c(F)c(F)c2C(F)(F)C(F)(F)F)c(F)c1F. The molecule has 0 fully saturated rings. The highest BCUT2D eigenvalue weighted by molar-refractivity contribution is 5.75. The third-order valence-electron chi connectivity index (χ3n) is 4.76. The summed E-state index contributed by atoms with van der Waals surface area (Å²) in [5, 5.41) is -1.10. The van der Waals surface area contributed by atoms with E-state index in [0.29, 0.717) is 0 Å². The molecule has 0 bridgehead atoms. The molecule has 0 saturated heterocycles. The lowest BCUT2D eigenvalue weighted by molar-refractivity contribution is -0.362. The average molecular weight is 737 g/mol. The van der Waals surface area contributed by atoms with Crippen molar-refractivity contribution in [3.05, 3.63) is 57.7 Å². The molecule has 1 N–H and O–H groups in total. The Morgan fingerprint density at radius 2 is 0.587 bits per heavy atom. The lowest BCUT2D eigenvalue weighted by Crippen LogP contribution is -2.61. The third-order valence-corrected chi connectivity index (χ3v) is 4.76. The summed E-state index contributed by atoms with van der Waals surface area (Å²) in [6.07, 6.45) is -26.8. The van der Waals surface area contributed by atoms with Crippen molar-refractivity contribution in [3.8, 4) is 11.1 Å². The number of alkyl halides is 18. The Labute approximate surface area is 232 Å². The van der Waals surface area contributed by atoms with Crippen molar-refractivity contribution in [2.75, 3.05) is 0 Å². The van der Waals surface area contributed by atoms with E-state index in [2.05, 4.69) is 0 Å². The molecule has 264 valence electrons. The van der Waals surface area contributed by atoms with Gasteiger partial charge in [0, 0.05) is 5.56 Å². The van der Waals surface area contributed by atoms with Gasteiger partial charge >= 0.3 is 42.7 Å². The van der Waals surface area contributed by atoms with E-state index in [4.69, 9.17) is 0 Å². The van der Waals surface area contributed by atoms with Gasteiger partial charge in [-0.2, -0.15) is 84.3 Å². The molecular weight excluding hydrogens is 736 g/mol. The van der Waals surface area contributed by atoms with E-state index in [-0.39, 0.29) is 0 Å². The van der Waals surface area contributed by atoms with Gasteiger partial charge in [0.15, 0.2) is 40.7 Å². The Morgan fingerprint density at radius 1 is 0.304 bits per heavy atom. The molecule has 1 nitrogen and oxygen atoms in total. The Morgan fingerprint density at radius 3 is 0.870 bits per heavy atom. The topological polar surface area (TPSA) is 12.0 Å². The standard InChI is InChI=1S/C15F16.C4HF10N/c16-5-2(6(17)10(21)12(23)9(5)20)1-3(13(24,25)15(29,30)31)7(18)11(22)8(19)4(1)14(26,27)28;5-1(6,7)3(11,12)15-4(13,14)2(8,9)10/h;15H. The molecule has 0 aliphatic carbocycles. The summed E-state index contributed by atoms with van der Waals surface area (Å²) in [4.78, 5) is 0. The van der Waals surface area contributed by atoms with Crippen LogP contribution in [-0.4, -0.2) is 30.6 Å². The fourth-order valence-corrected chi connectivity index (χ4v) is 2.78. The lowest BCUT2D eigenvalue weighted by atomic mass is 9.88. The van der Waals surface area contributed by atoms with E-state index < -0.39 is 117 Å². The first-order valence-electron chi connectivity index (χ1n) is 9.91. The van der Waals surface area contributed by atoms with E-state index in [0.717, 1.165) is 0 Å². The van der Waals surface area contributed by atoms with Crippen LogP contribution in [0.25, 0.3) is 11.1 Å². The first kappa shape index (κ1) is 40.6. The summed E-state index contributed by atoms with van der Waals surface area (Å²) in [6, 6.07) is -12.7. The van der Waals surface area contributed by atoms with E-state index in [1.54, 1.807) is 0 Å². The minimum atomic E-state index is -7.10. The van der Waals surface area contributed by atoms with Crippen molar-refractivity contribution in [2.24, 2.45) is 0 Å². The van der Waals surface area contributed by atoms with E-state index in [1.165, 1.54) is 0 Å². The smallest absolute Gasteiger partial charge is 0.203 e. The van der Waals surface area contributed by atoms with Gasteiger partial charge in [0.05, 0.1) is 11.1 Å². The van der Waals surface area contributed by atoms with E-state index in [9.17, 15) is 114 Å². The Kier molecular flexibility index (Phi) is 10.6. The highest BCUT2D eigenvalue weighted by Crippen LogP contribution is 2.53. The molecule has 46 heavy (non-hydrogen) atoms. The van der Waals surface area contributed by atoms with Gasteiger partial charge in [0.1, 0.15) is 5.56 Å². The second kappa shape index (κ2) is 12.0. The van der Waals surface area contributed by atoms with Crippen LogP contribution in [0.1, 0.15) is 11.1 Å². The Hall–Kier alpha value is -3.42. The second-order valence-corrected chi connectivity index (χ2v) is 7.85. The molecule has 2 aromatic rings. The van der Waals surface area contributed by atoms with Crippen LogP contribution in [0, 0.1) is 46.5 Å². The number of halogens is 26. The fourth-order valence-electron chi connectivity index (χ4n) is 2.78. The second-order valence-electron chi connectivity index (χ2n) is 7.85. The molecule has 0 heterocycles. The van der Waals surface area contributed by atoms with Crippen molar-refractivity contribution >= 4 is 0 Å². The summed E-state index contributed by atoms with van der Waals surface area (Å²) >= 11 is 0. The molecule has 0 spiro atoms. The summed E-state index contributed by atoms with van der Waals surface area (Å²) in [7, 11) is 0. The first-order chi connectivity index (χ1) is 20.0. The van der Waals surface area contributed by atoms with Crippen molar-refractivity contribution in [1.29, 1.82) is 0 Å². The minimum Gasteiger partial charge on any atom is -0.203 e. The Balaban J connectivity index is 0.000000595. The molecule has 0 atom stereocenters. The molecular formula is C19HF26N. The van der Waals surface area contributed by atoms with Crippen LogP contribution in [0.2, 0.25) is 0 Å². The van der Waals surface area contributed by atoms with Gasteiger partial charge in [-0.3, -0.25) is 0 Å². The summed E-state index contributed by atoms with van der Waals surface area (Å²) < 4.78 is 328. The molecule has 0 aliphatic heterocycles. The van der Waals surface area contributed by atoms with Crippen molar-refractivity contribution < 1.29 is 114 Å². The van der Waals surface area contributed by atoms with Crippen LogP contribution in [-0.2, 0) is 12.1 Å². The predicted octanol–water partition coefficient (Wildman–Crippen LogP) is 10.0. The quantitative estimate of drug-likeness (QED) is 0.143. The molecule has 2 rings (SSSR count). The summed E-state index contributed by atoms with van der Waals surface area (Å²) in [5.74, 6) is -34.1. The zero-order chi connectivity index (χ0) is 37.1. The maximum atomic E-state index is 13.9. The van der Waals surface area contributed by atoms with Gasteiger partial charge in [0.25, 0.3) is 0 Å². The number of rotatable bonds is 4. The number of nitrogens with one attached hydrogen (secondary N) is 1. The largest absolute Gasteiger partial charge is 0.469 e. The summed E-state index contributed by atoms with van der Waals surface area (Å²) in [6.45, 7) is 0. The Bertz CT molecular complexity index is 1400. The third kappa shape index (κ3) is 7.26. The highest BCUT2D eigenvalue weighted by Gasteiger charge is 2.69. The average Bonchev–Trinajstić information content (AvgIpc) is 2.81. The zero-order valence-electron chi connectivity index (χ0n) is 19.8. The predicted molar refractivity (Wildman–Crippen MR) is 91.6 cm³/mol. The fraction of sp³-hybridized carbons (Fsp3) is 0.368. The van der Waals surface area contributed by atoms with Crippen LogP contribution in [0.15, 0.2) is 0 Å². The molecule has 0 aliphatic rings. The molecule has 0 saturated carbocycles. The van der Waals surface area contributed by atoms with Gasteiger partial charge in [-0.1, -0.05) is 0 Å². The van der Waals surface area contributed by atoms with Gasteiger partial charge in [-0.05, 0) is 0 Å². The monoisotopic (exact) mass is 737 g/mol. The van der Waals surface area contributed by atoms with Crippen LogP contribution in [0.5, 0.6) is 0 Å². The highest BCUT2D eigenvalue weighted by atomic mass is 19.4. The van der Waals surface area contributed by atoms with Crippen molar-refractivity contribution in [3.63, 3.8) is 0 Å². The summed E-state index contributed by atoms with van der Waals surface area (Å²) in [5.41, 5.74) is -14.2. The number of hydrogen-bond acceptors (Lipinski definition) is 1. The van der Waals surface area contributed by atoms with Gasteiger partial charge in [0.2, 0.25) is 5.82 Å². The van der Waals surface area contributed by atoms with Crippen LogP contribution in [0.4, 0.5) is 114 Å². The number of benzene rings is 2. The molecule has 0 unspecified atom stereocenters. The number of hydrogen-bond donors (Lipinski definition) is 1. The van der Waals surface area contributed by atoms with Crippen molar-refractivity contribution in [2.45, 2.75) is 42.7 Å². The molecule has 0 aromatic heterocycles. The van der Waals surface area contributed by atoms with Crippen LogP contribution < -0.4 is 5.32 Å². The normalized spacial score (nSPS) is 14.0. The van der Waals surface area contributed by atoms with Gasteiger partial charge in [-0.25, -0.2) is 35.1 Å². The van der Waals surface area contributed by atoms with E-state index in [1.807, 2.05) is 0 Å². The molecule has 27 heteroatoms. The van der Waals surface area contributed by atoms with Gasteiger partial charge in [-0.15, -0.1) is 0 Å². The molecule has 2 aromatic carbocycles.